The van der Waals surface area contributed by atoms with Gasteiger partial charge in [-0.2, -0.15) is 0 Å². The summed E-state index contributed by atoms with van der Waals surface area (Å²) in [4.78, 5) is 11.5. The molecule has 0 bridgehead atoms. The molecule has 96 valence electrons. The zero-order valence-electron chi connectivity index (χ0n) is 11.3. The third kappa shape index (κ3) is 7.51. The molecule has 0 aliphatic rings. The Balaban J connectivity index is 4.13. The maximum atomic E-state index is 11.5. The van der Waals surface area contributed by atoms with Crippen molar-refractivity contribution in [2.24, 2.45) is 5.92 Å². The molecule has 0 rings (SSSR count). The third-order valence-corrected chi connectivity index (χ3v) is 2.01. The van der Waals surface area contributed by atoms with E-state index in [0.717, 1.165) is 0 Å². The summed E-state index contributed by atoms with van der Waals surface area (Å²) >= 11 is 0. The van der Waals surface area contributed by atoms with Gasteiger partial charge in [0.15, 0.2) is 0 Å². The first-order valence-electron chi connectivity index (χ1n) is 5.83. The molecule has 1 amide bonds. The average Bonchev–Trinajstić information content (AvgIpc) is 2.08. The molecule has 0 fully saturated rings. The van der Waals surface area contributed by atoms with Crippen molar-refractivity contribution in [3.8, 4) is 0 Å². The van der Waals surface area contributed by atoms with Gasteiger partial charge in [0.2, 0.25) is 0 Å². The van der Waals surface area contributed by atoms with Crippen LogP contribution in [0.1, 0.15) is 41.5 Å². The fourth-order valence-electron chi connectivity index (χ4n) is 1.10. The number of nitrogens with one attached hydrogen (secondary N) is 1. The van der Waals surface area contributed by atoms with Gasteiger partial charge in [0.1, 0.15) is 5.60 Å². The maximum Gasteiger partial charge on any atom is 0.407 e. The van der Waals surface area contributed by atoms with Gasteiger partial charge in [-0.1, -0.05) is 13.8 Å². The lowest BCUT2D eigenvalue weighted by molar-refractivity contribution is 0.0416. The molecule has 0 radical (unpaired) electrons. The van der Waals surface area contributed by atoms with Crippen LogP contribution in [0.5, 0.6) is 0 Å². The first kappa shape index (κ1) is 15.2. The quantitative estimate of drug-likeness (QED) is 0.791. The molecule has 0 aromatic carbocycles. The van der Waals surface area contributed by atoms with Gasteiger partial charge >= 0.3 is 6.09 Å². The van der Waals surface area contributed by atoms with Crippen molar-refractivity contribution < 1.29 is 14.3 Å². The second kappa shape index (κ2) is 6.74. The largest absolute Gasteiger partial charge is 0.444 e. The highest BCUT2D eigenvalue weighted by molar-refractivity contribution is 5.68. The smallest absolute Gasteiger partial charge is 0.407 e. The van der Waals surface area contributed by atoms with Crippen LogP contribution in [0.4, 0.5) is 4.79 Å². The van der Waals surface area contributed by atoms with Crippen LogP contribution in [0.15, 0.2) is 0 Å². The Hall–Kier alpha value is -0.770. The molecule has 0 saturated carbocycles. The van der Waals surface area contributed by atoms with Gasteiger partial charge in [0.05, 0.1) is 12.6 Å². The van der Waals surface area contributed by atoms with E-state index in [-0.39, 0.29) is 12.1 Å². The number of carbonyl (C=O) groups excluding carboxylic acids is 1. The molecule has 16 heavy (non-hydrogen) atoms. The van der Waals surface area contributed by atoms with Crippen molar-refractivity contribution in [1.82, 2.24) is 5.32 Å². The van der Waals surface area contributed by atoms with Crippen molar-refractivity contribution in [2.45, 2.75) is 53.2 Å². The molecule has 1 N–H and O–H groups in total. The Morgan fingerprint density at radius 2 is 1.88 bits per heavy atom. The molecule has 4 nitrogen and oxygen atoms in total. The minimum Gasteiger partial charge on any atom is -0.444 e. The van der Waals surface area contributed by atoms with Crippen molar-refractivity contribution in [2.75, 3.05) is 13.2 Å². The number of hydrogen-bond donors (Lipinski definition) is 1. The maximum absolute atomic E-state index is 11.5. The van der Waals surface area contributed by atoms with Crippen LogP contribution in [-0.2, 0) is 9.47 Å². The van der Waals surface area contributed by atoms with Crippen LogP contribution in [0.2, 0.25) is 0 Å². The van der Waals surface area contributed by atoms with E-state index in [0.29, 0.717) is 19.1 Å². The monoisotopic (exact) mass is 231 g/mol. The molecule has 0 heterocycles. The standard InChI is InChI=1S/C12H25NO3/c1-7-15-8-10(9(2)3)13-11(14)16-12(4,5)6/h9-10H,7-8H2,1-6H3,(H,13,14)/t10-/m0/s1. The van der Waals surface area contributed by atoms with E-state index in [9.17, 15) is 4.79 Å². The summed E-state index contributed by atoms with van der Waals surface area (Å²) in [5.41, 5.74) is -0.461. The Bertz CT molecular complexity index is 209. The Morgan fingerprint density at radius 3 is 2.25 bits per heavy atom. The summed E-state index contributed by atoms with van der Waals surface area (Å²) in [7, 11) is 0. The minimum atomic E-state index is -0.461. The summed E-state index contributed by atoms with van der Waals surface area (Å²) in [5.74, 6) is 0.319. The fraction of sp³-hybridized carbons (Fsp3) is 0.917. The molecular formula is C12H25NO3. The van der Waals surface area contributed by atoms with Crippen LogP contribution in [-0.4, -0.2) is 30.9 Å². The van der Waals surface area contributed by atoms with Crippen molar-refractivity contribution >= 4 is 6.09 Å². The molecule has 4 heteroatoms. The van der Waals surface area contributed by atoms with Crippen LogP contribution < -0.4 is 5.32 Å². The lowest BCUT2D eigenvalue weighted by Gasteiger charge is -2.25. The van der Waals surface area contributed by atoms with Gasteiger partial charge in [-0.3, -0.25) is 0 Å². The molecule has 0 unspecified atom stereocenters. The number of rotatable bonds is 5. The lowest BCUT2D eigenvalue weighted by Crippen LogP contribution is -2.44. The molecule has 0 aromatic heterocycles. The zero-order chi connectivity index (χ0) is 12.8. The van der Waals surface area contributed by atoms with E-state index < -0.39 is 5.60 Å². The van der Waals surface area contributed by atoms with E-state index in [2.05, 4.69) is 5.32 Å². The predicted octanol–water partition coefficient (Wildman–Crippen LogP) is 2.57. The molecule has 0 saturated heterocycles. The van der Waals surface area contributed by atoms with Crippen LogP contribution in [0.3, 0.4) is 0 Å². The molecule has 0 spiro atoms. The van der Waals surface area contributed by atoms with E-state index in [4.69, 9.17) is 9.47 Å². The van der Waals surface area contributed by atoms with Gasteiger partial charge in [-0.05, 0) is 33.6 Å². The number of alkyl carbamates (subject to hydrolysis) is 1. The summed E-state index contributed by atoms with van der Waals surface area (Å²) in [6.07, 6.45) is -0.383. The van der Waals surface area contributed by atoms with Crippen LogP contribution in [0.25, 0.3) is 0 Å². The second-order valence-corrected chi connectivity index (χ2v) is 5.16. The number of amides is 1. The number of carbonyl (C=O) groups is 1. The third-order valence-electron chi connectivity index (χ3n) is 2.01. The Kier molecular flexibility index (Phi) is 6.41. The van der Waals surface area contributed by atoms with Gasteiger partial charge in [-0.25, -0.2) is 4.79 Å². The molecule has 0 aliphatic heterocycles. The highest BCUT2D eigenvalue weighted by Gasteiger charge is 2.21. The van der Waals surface area contributed by atoms with Crippen molar-refractivity contribution in [3.63, 3.8) is 0 Å². The van der Waals surface area contributed by atoms with E-state index in [1.165, 1.54) is 0 Å². The van der Waals surface area contributed by atoms with Crippen molar-refractivity contribution in [3.05, 3.63) is 0 Å². The van der Waals surface area contributed by atoms with Crippen LogP contribution in [0, 0.1) is 5.92 Å². The highest BCUT2D eigenvalue weighted by atomic mass is 16.6. The lowest BCUT2D eigenvalue weighted by atomic mass is 10.1. The first-order valence-corrected chi connectivity index (χ1v) is 5.83. The number of hydrogen-bond acceptors (Lipinski definition) is 3. The zero-order valence-corrected chi connectivity index (χ0v) is 11.3. The summed E-state index contributed by atoms with van der Waals surface area (Å²) in [6, 6.07) is -0.00481. The van der Waals surface area contributed by atoms with Gasteiger partial charge in [0.25, 0.3) is 0 Å². The Labute approximate surface area is 98.7 Å². The van der Waals surface area contributed by atoms with Crippen molar-refractivity contribution in [1.29, 1.82) is 0 Å². The molecule has 0 aliphatic carbocycles. The van der Waals surface area contributed by atoms with E-state index in [1.807, 2.05) is 41.5 Å². The van der Waals surface area contributed by atoms with Gasteiger partial charge < -0.3 is 14.8 Å². The molecule has 0 aromatic rings. The summed E-state index contributed by atoms with van der Waals surface area (Å²) < 4.78 is 10.5. The Morgan fingerprint density at radius 1 is 1.31 bits per heavy atom. The normalized spacial score (nSPS) is 13.7. The second-order valence-electron chi connectivity index (χ2n) is 5.16. The minimum absolute atomic E-state index is 0.00481. The van der Waals surface area contributed by atoms with Crippen LogP contribution >= 0.6 is 0 Å². The highest BCUT2D eigenvalue weighted by Crippen LogP contribution is 2.08. The van der Waals surface area contributed by atoms with E-state index in [1.54, 1.807) is 0 Å². The molecule has 1 atom stereocenters. The number of ether oxygens (including phenoxy) is 2. The summed E-state index contributed by atoms with van der Waals surface area (Å²) in [5, 5.41) is 2.82. The average molecular weight is 231 g/mol. The summed E-state index contributed by atoms with van der Waals surface area (Å²) in [6.45, 7) is 12.7. The fourth-order valence-corrected chi connectivity index (χ4v) is 1.10. The topological polar surface area (TPSA) is 47.6 Å². The SMILES string of the molecule is CCOC[C@H](NC(=O)OC(C)(C)C)C(C)C. The predicted molar refractivity (Wildman–Crippen MR) is 64.5 cm³/mol. The molecular weight excluding hydrogens is 206 g/mol. The van der Waals surface area contributed by atoms with E-state index >= 15 is 0 Å². The van der Waals surface area contributed by atoms with Gasteiger partial charge in [0, 0.05) is 6.61 Å². The first-order chi connectivity index (χ1) is 7.26. The van der Waals surface area contributed by atoms with Gasteiger partial charge in [-0.15, -0.1) is 0 Å².